The number of carbonyl (C=O) groups excluding carboxylic acids is 3. The van der Waals surface area contributed by atoms with E-state index in [1.807, 2.05) is 0 Å². The first-order valence-electron chi connectivity index (χ1n) is 9.33. The Kier molecular flexibility index (Phi) is 7.97. The summed E-state index contributed by atoms with van der Waals surface area (Å²) < 4.78 is 27.4. The van der Waals surface area contributed by atoms with Crippen LogP contribution in [0.25, 0.3) is 0 Å². The summed E-state index contributed by atoms with van der Waals surface area (Å²) in [6, 6.07) is 5.81. The van der Waals surface area contributed by atoms with Gasteiger partial charge in [-0.15, -0.1) is 0 Å². The van der Waals surface area contributed by atoms with Gasteiger partial charge in [-0.05, 0) is 43.9 Å². The second kappa shape index (κ2) is 10.2. The van der Waals surface area contributed by atoms with Gasteiger partial charge in [-0.25, -0.2) is 18.4 Å². The first-order valence-corrected chi connectivity index (χ1v) is 10.9. The molecule has 0 radical (unpaired) electrons. The number of nitrogens with zero attached hydrogens (tertiary/aromatic N) is 1. The van der Waals surface area contributed by atoms with Crippen molar-refractivity contribution in [1.82, 2.24) is 15.5 Å². The average Bonchev–Trinajstić information content (AvgIpc) is 2.68. The molecule has 1 saturated heterocycles. The number of amides is 3. The number of ether oxygens (including phenoxy) is 1. The molecule has 0 spiro atoms. The number of nitrogens with one attached hydrogen (secondary N) is 2. The van der Waals surface area contributed by atoms with Crippen LogP contribution in [0.2, 0.25) is 0 Å². The van der Waals surface area contributed by atoms with Crippen molar-refractivity contribution in [3.63, 3.8) is 0 Å². The number of rotatable bonds is 6. The lowest BCUT2D eigenvalue weighted by Crippen LogP contribution is -2.50. The second-order valence-electron chi connectivity index (χ2n) is 6.63. The molecule has 29 heavy (non-hydrogen) atoms. The number of benzene rings is 1. The van der Waals surface area contributed by atoms with Crippen LogP contribution in [0, 0.1) is 0 Å². The second-order valence-corrected chi connectivity index (χ2v) is 8.19. The van der Waals surface area contributed by atoms with E-state index in [2.05, 4.69) is 10.6 Å². The van der Waals surface area contributed by atoms with Crippen LogP contribution in [0.15, 0.2) is 29.2 Å². The molecule has 4 N–H and O–H groups in total. The highest BCUT2D eigenvalue weighted by molar-refractivity contribution is 7.89. The van der Waals surface area contributed by atoms with Gasteiger partial charge in [-0.3, -0.25) is 9.59 Å². The van der Waals surface area contributed by atoms with Gasteiger partial charge in [0.15, 0.2) is 0 Å². The summed E-state index contributed by atoms with van der Waals surface area (Å²) in [6.07, 6.45) is 1.16. The van der Waals surface area contributed by atoms with Gasteiger partial charge < -0.3 is 20.3 Å². The summed E-state index contributed by atoms with van der Waals surface area (Å²) in [5.41, 5.74) is 0.796. The Labute approximate surface area is 169 Å². The molecule has 160 valence electrons. The number of carbonyl (C=O) groups is 3. The number of likely N-dealkylation sites (tertiary alicyclic amines) is 1. The normalized spacial score (nSPS) is 14.9. The Morgan fingerprint density at radius 2 is 1.76 bits per heavy atom. The third-order valence-corrected chi connectivity index (χ3v) is 5.44. The maximum atomic E-state index is 12.0. The molecule has 0 saturated carbocycles. The van der Waals surface area contributed by atoms with Crippen molar-refractivity contribution in [2.75, 3.05) is 26.2 Å². The SMILES string of the molecule is CCOC(=O)N1CCC(NC(=O)C(=O)NCCc2ccc(S(N)(=O)=O)cc2)CC1. The van der Waals surface area contributed by atoms with Crippen molar-refractivity contribution in [2.24, 2.45) is 5.14 Å². The minimum atomic E-state index is -3.74. The number of hydrogen-bond acceptors (Lipinski definition) is 6. The zero-order valence-corrected chi connectivity index (χ0v) is 17.0. The Morgan fingerprint density at radius 3 is 2.31 bits per heavy atom. The topological polar surface area (TPSA) is 148 Å². The van der Waals surface area contributed by atoms with Gasteiger partial charge in [-0.2, -0.15) is 0 Å². The molecule has 10 nitrogen and oxygen atoms in total. The molecule has 1 aromatic rings. The zero-order valence-electron chi connectivity index (χ0n) is 16.2. The predicted octanol–water partition coefficient (Wildman–Crippen LogP) is -0.270. The Balaban J connectivity index is 1.70. The zero-order chi connectivity index (χ0) is 21.4. The minimum Gasteiger partial charge on any atom is -0.450 e. The molecule has 1 aromatic carbocycles. The molecule has 0 unspecified atom stereocenters. The molecule has 0 bridgehead atoms. The Morgan fingerprint density at radius 1 is 1.14 bits per heavy atom. The van der Waals surface area contributed by atoms with E-state index >= 15 is 0 Å². The molecule has 1 aliphatic heterocycles. The maximum absolute atomic E-state index is 12.0. The van der Waals surface area contributed by atoms with Crippen LogP contribution in [0.3, 0.4) is 0 Å². The number of primary sulfonamides is 1. The molecule has 3 amide bonds. The van der Waals surface area contributed by atoms with Gasteiger partial charge >= 0.3 is 17.9 Å². The largest absolute Gasteiger partial charge is 0.450 e. The van der Waals surface area contributed by atoms with Gasteiger partial charge in [0.2, 0.25) is 10.0 Å². The monoisotopic (exact) mass is 426 g/mol. The standard InChI is InChI=1S/C18H26N4O6S/c1-2-28-18(25)22-11-8-14(9-12-22)21-17(24)16(23)20-10-7-13-3-5-15(6-4-13)29(19,26)27/h3-6,14H,2,7-12H2,1H3,(H,20,23)(H,21,24)(H2,19,26,27). The van der Waals surface area contributed by atoms with Gasteiger partial charge in [0, 0.05) is 25.7 Å². The van der Waals surface area contributed by atoms with Crippen LogP contribution >= 0.6 is 0 Å². The number of nitrogens with two attached hydrogens (primary N) is 1. The fraction of sp³-hybridized carbons (Fsp3) is 0.500. The van der Waals surface area contributed by atoms with Crippen LogP contribution in [-0.4, -0.2) is 63.5 Å². The number of sulfonamides is 1. The molecule has 0 aliphatic carbocycles. The molecule has 1 fully saturated rings. The molecular weight excluding hydrogens is 400 g/mol. The van der Waals surface area contributed by atoms with Crippen molar-refractivity contribution < 1.29 is 27.5 Å². The minimum absolute atomic E-state index is 0.0127. The van der Waals surface area contributed by atoms with Crippen LogP contribution in [-0.2, 0) is 30.8 Å². The van der Waals surface area contributed by atoms with Crippen molar-refractivity contribution in [1.29, 1.82) is 0 Å². The van der Waals surface area contributed by atoms with Crippen LogP contribution in [0.1, 0.15) is 25.3 Å². The van der Waals surface area contributed by atoms with Crippen molar-refractivity contribution in [2.45, 2.75) is 37.1 Å². The fourth-order valence-electron chi connectivity index (χ4n) is 2.92. The van der Waals surface area contributed by atoms with E-state index in [0.29, 0.717) is 39.0 Å². The highest BCUT2D eigenvalue weighted by atomic mass is 32.2. The molecule has 0 aromatic heterocycles. The fourth-order valence-corrected chi connectivity index (χ4v) is 3.43. The smallest absolute Gasteiger partial charge is 0.409 e. The molecule has 2 rings (SSSR count). The third-order valence-electron chi connectivity index (χ3n) is 4.51. The highest BCUT2D eigenvalue weighted by Crippen LogP contribution is 2.11. The lowest BCUT2D eigenvalue weighted by Gasteiger charge is -2.31. The summed E-state index contributed by atoms with van der Waals surface area (Å²) in [5.74, 6) is -1.46. The maximum Gasteiger partial charge on any atom is 0.409 e. The van der Waals surface area contributed by atoms with Gasteiger partial charge in [0.05, 0.1) is 11.5 Å². The van der Waals surface area contributed by atoms with Gasteiger partial charge in [-0.1, -0.05) is 12.1 Å². The lowest BCUT2D eigenvalue weighted by molar-refractivity contribution is -0.139. The predicted molar refractivity (Wildman–Crippen MR) is 104 cm³/mol. The van der Waals surface area contributed by atoms with E-state index in [0.717, 1.165) is 5.56 Å². The van der Waals surface area contributed by atoms with E-state index < -0.39 is 21.8 Å². The van der Waals surface area contributed by atoms with E-state index in [1.165, 1.54) is 12.1 Å². The lowest BCUT2D eigenvalue weighted by atomic mass is 10.1. The van der Waals surface area contributed by atoms with Crippen LogP contribution in [0.4, 0.5) is 4.79 Å². The van der Waals surface area contributed by atoms with Crippen LogP contribution < -0.4 is 15.8 Å². The Bertz CT molecular complexity index is 832. The van der Waals surface area contributed by atoms with Crippen molar-refractivity contribution >= 4 is 27.9 Å². The summed E-state index contributed by atoms with van der Waals surface area (Å²) in [6.45, 7) is 3.19. The molecule has 0 atom stereocenters. The number of hydrogen-bond donors (Lipinski definition) is 3. The molecule has 11 heteroatoms. The number of piperidine rings is 1. The van der Waals surface area contributed by atoms with E-state index in [1.54, 1.807) is 24.0 Å². The third kappa shape index (κ3) is 7.02. The van der Waals surface area contributed by atoms with Crippen molar-refractivity contribution in [3.05, 3.63) is 29.8 Å². The highest BCUT2D eigenvalue weighted by Gasteiger charge is 2.26. The molecular formula is C18H26N4O6S. The summed E-state index contributed by atoms with van der Waals surface area (Å²) >= 11 is 0. The first-order chi connectivity index (χ1) is 13.7. The van der Waals surface area contributed by atoms with E-state index in [4.69, 9.17) is 9.88 Å². The van der Waals surface area contributed by atoms with Gasteiger partial charge in [0.25, 0.3) is 0 Å². The summed E-state index contributed by atoms with van der Waals surface area (Å²) in [4.78, 5) is 37.2. The van der Waals surface area contributed by atoms with E-state index in [-0.39, 0.29) is 23.6 Å². The summed E-state index contributed by atoms with van der Waals surface area (Å²) in [5, 5.41) is 10.2. The quantitative estimate of drug-likeness (QED) is 0.533. The van der Waals surface area contributed by atoms with Gasteiger partial charge in [0.1, 0.15) is 0 Å². The Hall–Kier alpha value is -2.66. The average molecular weight is 426 g/mol. The van der Waals surface area contributed by atoms with Crippen LogP contribution in [0.5, 0.6) is 0 Å². The summed E-state index contributed by atoms with van der Waals surface area (Å²) in [7, 11) is -3.74. The first kappa shape index (κ1) is 22.6. The van der Waals surface area contributed by atoms with Crippen molar-refractivity contribution in [3.8, 4) is 0 Å². The molecule has 1 heterocycles. The van der Waals surface area contributed by atoms with E-state index in [9.17, 15) is 22.8 Å². The molecule has 1 aliphatic rings.